The van der Waals surface area contributed by atoms with Crippen LogP contribution < -0.4 is 11.2 Å². The van der Waals surface area contributed by atoms with Crippen LogP contribution in [0.3, 0.4) is 0 Å². The molecule has 0 atom stereocenters. The molecule has 2 aromatic carbocycles. The number of halogens is 3. The van der Waals surface area contributed by atoms with Crippen LogP contribution in [0.4, 0.5) is 13.2 Å². The zero-order chi connectivity index (χ0) is 25.2. The number of rotatable bonds is 6. The van der Waals surface area contributed by atoms with E-state index < -0.39 is 29.0 Å². The number of para-hydroxylation sites is 1. The molecule has 4 rings (SSSR count). The Morgan fingerprint density at radius 3 is 2.51 bits per heavy atom. The number of hydrogen-bond donors (Lipinski definition) is 1. The predicted octanol–water partition coefficient (Wildman–Crippen LogP) is 3.43. The number of fused-ring (bicyclic) bond motifs is 1. The number of carbonyl (C=O) groups excluding carboxylic acids is 1. The smallest absolute Gasteiger partial charge is 0.416 e. The predicted molar refractivity (Wildman–Crippen MR) is 125 cm³/mol. The number of aromatic nitrogens is 2. The zero-order valence-corrected chi connectivity index (χ0v) is 19.0. The lowest BCUT2D eigenvalue weighted by Gasteiger charge is -2.31. The molecule has 184 valence electrons. The fourth-order valence-electron chi connectivity index (χ4n) is 4.35. The summed E-state index contributed by atoms with van der Waals surface area (Å²) in [4.78, 5) is 42.5. The number of alkyl halides is 3. The normalized spacial score (nSPS) is 15.0. The van der Waals surface area contributed by atoms with Gasteiger partial charge in [0.25, 0.3) is 5.56 Å². The van der Waals surface area contributed by atoms with E-state index in [1.54, 1.807) is 31.2 Å². The number of esters is 1. The second-order valence-electron chi connectivity index (χ2n) is 8.18. The van der Waals surface area contributed by atoms with E-state index in [0.717, 1.165) is 10.6 Å². The summed E-state index contributed by atoms with van der Waals surface area (Å²) < 4.78 is 47.1. The summed E-state index contributed by atoms with van der Waals surface area (Å²) in [7, 11) is 0. The first-order valence-corrected chi connectivity index (χ1v) is 11.2. The van der Waals surface area contributed by atoms with Gasteiger partial charge in [0, 0.05) is 26.2 Å². The summed E-state index contributed by atoms with van der Waals surface area (Å²) in [6, 6.07) is 11.9. The van der Waals surface area contributed by atoms with Crippen molar-refractivity contribution >= 4 is 22.4 Å². The van der Waals surface area contributed by atoms with Gasteiger partial charge in [-0.1, -0.05) is 30.3 Å². The van der Waals surface area contributed by atoms with Crippen molar-refractivity contribution in [1.82, 2.24) is 14.5 Å². The summed E-state index contributed by atoms with van der Waals surface area (Å²) in [5.74, 6) is -0.676. The first-order valence-electron chi connectivity index (χ1n) is 11.2. The number of H-pyrrole nitrogens is 1. The maximum absolute atomic E-state index is 13.6. The summed E-state index contributed by atoms with van der Waals surface area (Å²) >= 11 is 0. The highest BCUT2D eigenvalue weighted by Crippen LogP contribution is 2.38. The van der Waals surface area contributed by atoms with Crippen LogP contribution in [0.2, 0.25) is 0 Å². The van der Waals surface area contributed by atoms with Crippen molar-refractivity contribution in [1.29, 1.82) is 0 Å². The van der Waals surface area contributed by atoms with Crippen LogP contribution in [0.5, 0.6) is 0 Å². The number of aromatic amines is 1. The van der Waals surface area contributed by atoms with E-state index in [1.165, 1.54) is 18.2 Å². The van der Waals surface area contributed by atoms with E-state index in [4.69, 9.17) is 4.74 Å². The molecule has 0 saturated heterocycles. The van der Waals surface area contributed by atoms with Crippen LogP contribution in [-0.2, 0) is 22.3 Å². The van der Waals surface area contributed by atoms with Crippen molar-refractivity contribution in [2.75, 3.05) is 26.2 Å². The van der Waals surface area contributed by atoms with Gasteiger partial charge >= 0.3 is 17.8 Å². The van der Waals surface area contributed by atoms with Gasteiger partial charge in [-0.25, -0.2) is 9.59 Å². The van der Waals surface area contributed by atoms with Crippen molar-refractivity contribution in [2.24, 2.45) is 0 Å². The first kappa shape index (κ1) is 24.5. The highest BCUT2D eigenvalue weighted by molar-refractivity contribution is 5.99. The molecule has 3 aromatic rings. The number of carbonyl (C=O) groups is 1. The first-order chi connectivity index (χ1) is 16.7. The Morgan fingerprint density at radius 1 is 1.06 bits per heavy atom. The summed E-state index contributed by atoms with van der Waals surface area (Å²) in [5, 5.41) is 0.379. The van der Waals surface area contributed by atoms with Gasteiger partial charge in [0.15, 0.2) is 0 Å². The molecule has 1 aromatic heterocycles. The summed E-state index contributed by atoms with van der Waals surface area (Å²) in [6.07, 6.45) is -4.39. The third-order valence-corrected chi connectivity index (χ3v) is 6.03. The Hall–Kier alpha value is -3.66. The maximum atomic E-state index is 13.6. The lowest BCUT2D eigenvalue weighted by molar-refractivity contribution is -0.139. The van der Waals surface area contributed by atoms with Crippen LogP contribution in [0.15, 0.2) is 63.7 Å². The minimum absolute atomic E-state index is 0.0371. The van der Waals surface area contributed by atoms with Gasteiger partial charge in [-0.2, -0.15) is 13.2 Å². The Kier molecular flexibility index (Phi) is 6.93. The van der Waals surface area contributed by atoms with Crippen LogP contribution >= 0.6 is 0 Å². The summed E-state index contributed by atoms with van der Waals surface area (Å²) in [6.45, 7) is 2.41. The van der Waals surface area contributed by atoms with Crippen LogP contribution in [0, 0.1) is 0 Å². The van der Waals surface area contributed by atoms with E-state index in [-0.39, 0.29) is 43.8 Å². The highest BCUT2D eigenvalue weighted by Gasteiger charge is 2.36. The van der Waals surface area contributed by atoms with Gasteiger partial charge in [0.2, 0.25) is 0 Å². The molecule has 10 heteroatoms. The van der Waals surface area contributed by atoms with Gasteiger partial charge in [-0.15, -0.1) is 0 Å². The van der Waals surface area contributed by atoms with Gasteiger partial charge in [0.1, 0.15) is 0 Å². The Bertz CT molecular complexity index is 1410. The van der Waals surface area contributed by atoms with Crippen molar-refractivity contribution in [3.8, 4) is 0 Å². The molecule has 7 nitrogen and oxygen atoms in total. The number of nitrogens with zero attached hydrogens (tertiary/aromatic N) is 2. The molecular formula is C25H24F3N3O4. The molecular weight excluding hydrogens is 463 g/mol. The molecule has 1 aliphatic heterocycles. The number of ether oxygens (including phenoxy) is 1. The van der Waals surface area contributed by atoms with Gasteiger partial charge < -0.3 is 9.72 Å². The average Bonchev–Trinajstić information content (AvgIpc) is 2.83. The maximum Gasteiger partial charge on any atom is 0.416 e. The second-order valence-corrected chi connectivity index (χ2v) is 8.18. The van der Waals surface area contributed by atoms with Crippen molar-refractivity contribution in [3.63, 3.8) is 0 Å². The largest absolute Gasteiger partial charge is 0.463 e. The Balaban J connectivity index is 1.63. The third kappa shape index (κ3) is 5.07. The topological polar surface area (TPSA) is 84.4 Å². The molecule has 0 saturated carbocycles. The fraction of sp³-hybridized carbons (Fsp3) is 0.320. The molecule has 1 N–H and O–H groups in total. The van der Waals surface area contributed by atoms with Crippen molar-refractivity contribution in [3.05, 3.63) is 86.1 Å². The van der Waals surface area contributed by atoms with E-state index in [2.05, 4.69) is 4.98 Å². The zero-order valence-electron chi connectivity index (χ0n) is 19.0. The molecule has 0 fully saturated rings. The number of hydrogen-bond acceptors (Lipinski definition) is 5. The van der Waals surface area contributed by atoms with Crippen molar-refractivity contribution < 1.29 is 22.7 Å². The van der Waals surface area contributed by atoms with Crippen molar-refractivity contribution in [2.45, 2.75) is 26.1 Å². The fourth-order valence-corrected chi connectivity index (χ4v) is 4.35. The monoisotopic (exact) mass is 487 g/mol. The van der Waals surface area contributed by atoms with Gasteiger partial charge in [-0.05, 0) is 42.7 Å². The Labute approximate surface area is 198 Å². The summed E-state index contributed by atoms with van der Waals surface area (Å²) in [5.41, 5.74) is -0.932. The highest BCUT2D eigenvalue weighted by atomic mass is 19.4. The number of nitrogens with one attached hydrogen (secondary N) is 1. The molecule has 0 bridgehead atoms. The Morgan fingerprint density at radius 2 is 1.77 bits per heavy atom. The second kappa shape index (κ2) is 9.91. The minimum Gasteiger partial charge on any atom is -0.463 e. The van der Waals surface area contributed by atoms with Gasteiger partial charge in [-0.3, -0.25) is 14.3 Å². The van der Waals surface area contributed by atoms with Crippen LogP contribution in [0.1, 0.15) is 24.5 Å². The SMILES string of the molecule is CCOC(=O)C1=C(c2ccccc2C(F)(F)F)CCN(CCn2c(=O)[nH]c3ccccc3c2=O)C1. The molecule has 0 amide bonds. The average molecular weight is 487 g/mol. The molecule has 0 aliphatic carbocycles. The number of benzene rings is 2. The van der Waals surface area contributed by atoms with E-state index in [9.17, 15) is 27.6 Å². The standard InChI is InChI=1S/C25H24F3N3O4/c1-2-35-23(33)19-15-30(12-11-16(19)17-7-3-5-9-20(17)25(26,27)28)13-14-31-22(32)18-8-4-6-10-21(18)29-24(31)34/h3-10H,2,11-15H2,1H3,(H,29,34). The molecule has 2 heterocycles. The van der Waals surface area contributed by atoms with E-state index >= 15 is 0 Å². The minimum atomic E-state index is -4.57. The van der Waals surface area contributed by atoms with E-state index in [0.29, 0.717) is 23.0 Å². The molecule has 0 unspecified atom stereocenters. The lowest BCUT2D eigenvalue weighted by atomic mass is 9.90. The van der Waals surface area contributed by atoms with Gasteiger partial charge in [0.05, 0.1) is 28.6 Å². The molecule has 0 spiro atoms. The van der Waals surface area contributed by atoms with E-state index in [1.807, 2.05) is 4.90 Å². The molecule has 35 heavy (non-hydrogen) atoms. The molecule has 0 radical (unpaired) electrons. The van der Waals surface area contributed by atoms with Crippen LogP contribution in [0.25, 0.3) is 16.5 Å². The quantitative estimate of drug-likeness (QED) is 0.539. The molecule has 1 aliphatic rings. The lowest BCUT2D eigenvalue weighted by Crippen LogP contribution is -2.41. The third-order valence-electron chi connectivity index (χ3n) is 6.03. The van der Waals surface area contributed by atoms with Crippen LogP contribution in [-0.4, -0.2) is 46.7 Å².